The van der Waals surface area contributed by atoms with E-state index >= 15 is 0 Å². The number of rotatable bonds is 4. The van der Waals surface area contributed by atoms with E-state index in [0.717, 1.165) is 31.6 Å². The first-order chi connectivity index (χ1) is 7.72. The molecule has 0 saturated carbocycles. The zero-order valence-corrected chi connectivity index (χ0v) is 9.15. The minimum Gasteiger partial charge on any atom is -0.478 e. The number of hydrogen-bond donors (Lipinski definition) is 1. The smallest absolute Gasteiger partial charge is 0.335 e. The molecule has 84 valence electrons. The van der Waals surface area contributed by atoms with Crippen LogP contribution in [0.15, 0.2) is 30.9 Å². The van der Waals surface area contributed by atoms with E-state index in [-0.39, 0.29) is 0 Å². The topological polar surface area (TPSA) is 40.5 Å². The van der Waals surface area contributed by atoms with Crippen LogP contribution in [0.5, 0.6) is 0 Å². The third-order valence-corrected chi connectivity index (χ3v) is 2.93. The van der Waals surface area contributed by atoms with Crippen molar-refractivity contribution in [3.05, 3.63) is 42.0 Å². The summed E-state index contributed by atoms with van der Waals surface area (Å²) in [7, 11) is 0. The Labute approximate surface area is 95.0 Å². The SMILES string of the molecule is C=CCCN1CCc2ccc(C(=O)O)cc21. The molecular weight excluding hydrogens is 202 g/mol. The summed E-state index contributed by atoms with van der Waals surface area (Å²) in [5.41, 5.74) is 2.68. The zero-order chi connectivity index (χ0) is 11.5. The van der Waals surface area contributed by atoms with Crippen molar-refractivity contribution in [1.82, 2.24) is 0 Å². The number of carboxylic acid groups (broad SMARTS) is 1. The van der Waals surface area contributed by atoms with Crippen LogP contribution in [0.2, 0.25) is 0 Å². The van der Waals surface area contributed by atoms with Crippen molar-refractivity contribution in [3.63, 3.8) is 0 Å². The summed E-state index contributed by atoms with van der Waals surface area (Å²) in [4.78, 5) is 13.1. The van der Waals surface area contributed by atoms with Gasteiger partial charge in [-0.05, 0) is 30.5 Å². The second-order valence-electron chi connectivity index (χ2n) is 3.96. The van der Waals surface area contributed by atoms with Gasteiger partial charge >= 0.3 is 5.97 Å². The minimum absolute atomic E-state index is 0.365. The van der Waals surface area contributed by atoms with E-state index in [1.54, 1.807) is 12.1 Å². The average Bonchev–Trinajstić information content (AvgIpc) is 2.68. The van der Waals surface area contributed by atoms with E-state index in [1.807, 2.05) is 12.1 Å². The highest BCUT2D eigenvalue weighted by Crippen LogP contribution is 2.29. The predicted molar refractivity (Wildman–Crippen MR) is 64.1 cm³/mol. The number of aromatic carboxylic acids is 1. The van der Waals surface area contributed by atoms with Gasteiger partial charge in [-0.1, -0.05) is 12.1 Å². The largest absolute Gasteiger partial charge is 0.478 e. The van der Waals surface area contributed by atoms with Gasteiger partial charge < -0.3 is 10.0 Å². The number of nitrogens with zero attached hydrogens (tertiary/aromatic N) is 1. The molecule has 0 aliphatic carbocycles. The molecule has 0 saturated heterocycles. The molecule has 1 heterocycles. The monoisotopic (exact) mass is 217 g/mol. The van der Waals surface area contributed by atoms with Crippen LogP contribution < -0.4 is 4.90 Å². The first kappa shape index (κ1) is 10.7. The van der Waals surface area contributed by atoms with Crippen LogP contribution in [0.1, 0.15) is 22.3 Å². The van der Waals surface area contributed by atoms with Gasteiger partial charge in [-0.2, -0.15) is 0 Å². The Morgan fingerprint density at radius 1 is 1.56 bits per heavy atom. The number of fused-ring (bicyclic) bond motifs is 1. The lowest BCUT2D eigenvalue weighted by Crippen LogP contribution is -2.21. The zero-order valence-electron chi connectivity index (χ0n) is 9.15. The van der Waals surface area contributed by atoms with Crippen LogP contribution in [0.25, 0.3) is 0 Å². The fourth-order valence-electron chi connectivity index (χ4n) is 2.06. The summed E-state index contributed by atoms with van der Waals surface area (Å²) in [6, 6.07) is 5.37. The Kier molecular flexibility index (Phi) is 2.95. The Hall–Kier alpha value is -1.77. The van der Waals surface area contributed by atoms with Crippen molar-refractivity contribution in [2.75, 3.05) is 18.0 Å². The Balaban J connectivity index is 2.25. The summed E-state index contributed by atoms with van der Waals surface area (Å²) >= 11 is 0. The van der Waals surface area contributed by atoms with Crippen LogP contribution in [-0.2, 0) is 6.42 Å². The van der Waals surface area contributed by atoms with E-state index in [9.17, 15) is 4.79 Å². The van der Waals surface area contributed by atoms with Crippen LogP contribution in [0, 0.1) is 0 Å². The summed E-state index contributed by atoms with van der Waals surface area (Å²) in [5.74, 6) is -0.863. The standard InChI is InChI=1S/C13H15NO2/c1-2-3-7-14-8-6-10-4-5-11(13(15)16)9-12(10)14/h2,4-5,9H,1,3,6-8H2,(H,15,16). The van der Waals surface area contributed by atoms with Crippen LogP contribution >= 0.6 is 0 Å². The molecule has 0 spiro atoms. The first-order valence-corrected chi connectivity index (χ1v) is 5.44. The highest BCUT2D eigenvalue weighted by atomic mass is 16.4. The van der Waals surface area contributed by atoms with Gasteiger partial charge in [0.2, 0.25) is 0 Å². The Morgan fingerprint density at radius 2 is 2.38 bits per heavy atom. The van der Waals surface area contributed by atoms with Gasteiger partial charge in [0, 0.05) is 18.8 Å². The number of carboxylic acids is 1. The molecule has 0 fully saturated rings. The van der Waals surface area contributed by atoms with Gasteiger partial charge in [-0.3, -0.25) is 0 Å². The highest BCUT2D eigenvalue weighted by molar-refractivity contribution is 5.89. The van der Waals surface area contributed by atoms with Crippen molar-refractivity contribution in [2.45, 2.75) is 12.8 Å². The molecule has 3 nitrogen and oxygen atoms in total. The minimum atomic E-state index is -0.863. The molecule has 1 aromatic rings. The molecule has 0 unspecified atom stereocenters. The molecule has 0 atom stereocenters. The molecule has 1 N–H and O–H groups in total. The molecule has 0 aromatic heterocycles. The fraction of sp³-hybridized carbons (Fsp3) is 0.308. The maximum Gasteiger partial charge on any atom is 0.335 e. The van der Waals surface area contributed by atoms with Crippen molar-refractivity contribution >= 4 is 11.7 Å². The lowest BCUT2D eigenvalue weighted by atomic mass is 10.1. The maximum atomic E-state index is 10.9. The Bertz CT molecular complexity index is 426. The normalized spacial score (nSPS) is 13.6. The van der Waals surface area contributed by atoms with Gasteiger partial charge in [-0.15, -0.1) is 6.58 Å². The van der Waals surface area contributed by atoms with E-state index in [1.165, 1.54) is 5.56 Å². The van der Waals surface area contributed by atoms with Gasteiger partial charge in [0.25, 0.3) is 0 Å². The molecule has 1 aliphatic heterocycles. The molecule has 2 rings (SSSR count). The van der Waals surface area contributed by atoms with Crippen LogP contribution in [-0.4, -0.2) is 24.2 Å². The van der Waals surface area contributed by atoms with E-state index in [0.29, 0.717) is 5.56 Å². The average molecular weight is 217 g/mol. The number of anilines is 1. The van der Waals surface area contributed by atoms with Crippen LogP contribution in [0.4, 0.5) is 5.69 Å². The highest BCUT2D eigenvalue weighted by Gasteiger charge is 2.19. The summed E-state index contributed by atoms with van der Waals surface area (Å²) in [5, 5.41) is 8.94. The quantitative estimate of drug-likeness (QED) is 0.787. The molecule has 1 aliphatic rings. The number of carbonyl (C=O) groups is 1. The van der Waals surface area contributed by atoms with Crippen LogP contribution in [0.3, 0.4) is 0 Å². The predicted octanol–water partition coefficient (Wildman–Crippen LogP) is 2.32. The Morgan fingerprint density at radius 3 is 3.06 bits per heavy atom. The van der Waals surface area contributed by atoms with Gasteiger partial charge in [0.1, 0.15) is 0 Å². The number of hydrogen-bond acceptors (Lipinski definition) is 2. The van der Waals surface area contributed by atoms with Gasteiger partial charge in [0.05, 0.1) is 5.56 Å². The second kappa shape index (κ2) is 4.39. The summed E-state index contributed by atoms with van der Waals surface area (Å²) in [6.07, 6.45) is 3.82. The van der Waals surface area contributed by atoms with E-state index < -0.39 is 5.97 Å². The second-order valence-corrected chi connectivity index (χ2v) is 3.96. The number of benzene rings is 1. The molecular formula is C13H15NO2. The van der Waals surface area contributed by atoms with Crippen molar-refractivity contribution in [2.24, 2.45) is 0 Å². The van der Waals surface area contributed by atoms with Crippen molar-refractivity contribution < 1.29 is 9.90 Å². The van der Waals surface area contributed by atoms with Gasteiger partial charge in [0.15, 0.2) is 0 Å². The third kappa shape index (κ3) is 1.94. The third-order valence-electron chi connectivity index (χ3n) is 2.93. The molecule has 1 aromatic carbocycles. The van der Waals surface area contributed by atoms with E-state index in [2.05, 4.69) is 11.5 Å². The maximum absolute atomic E-state index is 10.9. The summed E-state index contributed by atoms with van der Waals surface area (Å²) < 4.78 is 0. The fourth-order valence-corrected chi connectivity index (χ4v) is 2.06. The molecule has 16 heavy (non-hydrogen) atoms. The van der Waals surface area contributed by atoms with Gasteiger partial charge in [-0.25, -0.2) is 4.79 Å². The first-order valence-electron chi connectivity index (χ1n) is 5.44. The summed E-state index contributed by atoms with van der Waals surface area (Å²) in [6.45, 7) is 5.60. The lowest BCUT2D eigenvalue weighted by Gasteiger charge is -2.18. The molecule has 0 radical (unpaired) electrons. The molecule has 3 heteroatoms. The lowest BCUT2D eigenvalue weighted by molar-refractivity contribution is 0.0697. The molecule has 0 bridgehead atoms. The van der Waals surface area contributed by atoms with Crippen molar-refractivity contribution in [1.29, 1.82) is 0 Å². The van der Waals surface area contributed by atoms with E-state index in [4.69, 9.17) is 5.11 Å². The molecule has 0 amide bonds. The van der Waals surface area contributed by atoms with Crippen molar-refractivity contribution in [3.8, 4) is 0 Å².